The Morgan fingerprint density at radius 2 is 1.89 bits per heavy atom. The third kappa shape index (κ3) is 2.62. The van der Waals surface area contributed by atoms with E-state index < -0.39 is 0 Å². The van der Waals surface area contributed by atoms with Crippen molar-refractivity contribution in [1.82, 2.24) is 19.3 Å². The smallest absolute Gasteiger partial charge is 0.201 e. The third-order valence-electron chi connectivity index (χ3n) is 4.99. The highest BCUT2D eigenvalue weighted by molar-refractivity contribution is 5.94. The van der Waals surface area contributed by atoms with E-state index in [1.807, 2.05) is 37.5 Å². The Kier molecular flexibility index (Phi) is 3.65. The average Bonchev–Trinajstić information content (AvgIpc) is 3.23. The fraction of sp³-hybridized carbons (Fsp3) is 0.0909. The predicted molar refractivity (Wildman–Crippen MR) is 107 cm³/mol. The molecule has 0 unspecified atom stereocenters. The Morgan fingerprint density at radius 1 is 1.00 bits per heavy atom. The van der Waals surface area contributed by atoms with Crippen LogP contribution >= 0.6 is 0 Å². The summed E-state index contributed by atoms with van der Waals surface area (Å²) in [6, 6.07) is 14.5. The molecular formula is C22H17FN4O. The number of pyridine rings is 1. The van der Waals surface area contributed by atoms with E-state index in [-0.39, 0.29) is 18.2 Å². The first-order valence-electron chi connectivity index (χ1n) is 8.94. The van der Waals surface area contributed by atoms with E-state index in [9.17, 15) is 9.50 Å². The van der Waals surface area contributed by atoms with Crippen molar-refractivity contribution in [1.29, 1.82) is 0 Å². The van der Waals surface area contributed by atoms with Gasteiger partial charge in [0.1, 0.15) is 5.82 Å². The Hall–Kier alpha value is -3.67. The molecule has 5 aromatic rings. The van der Waals surface area contributed by atoms with Crippen LogP contribution in [0.3, 0.4) is 0 Å². The molecule has 6 heteroatoms. The minimum absolute atomic E-state index is 0.0854. The maximum atomic E-state index is 14.5. The van der Waals surface area contributed by atoms with Crippen molar-refractivity contribution < 1.29 is 9.50 Å². The van der Waals surface area contributed by atoms with Crippen LogP contribution in [0.25, 0.3) is 32.9 Å². The number of rotatable bonds is 3. The summed E-state index contributed by atoms with van der Waals surface area (Å²) in [7, 11) is 1.88. The number of benzene rings is 2. The molecule has 0 saturated carbocycles. The van der Waals surface area contributed by atoms with Crippen molar-refractivity contribution in [3.05, 3.63) is 78.5 Å². The normalized spacial score (nSPS) is 11.5. The first-order chi connectivity index (χ1) is 13.6. The van der Waals surface area contributed by atoms with Gasteiger partial charge in [-0.05, 0) is 41.5 Å². The Balaban J connectivity index is 1.60. The minimum atomic E-state index is -0.313. The largest absolute Gasteiger partial charge is 0.494 e. The molecule has 0 aliphatic rings. The van der Waals surface area contributed by atoms with Crippen molar-refractivity contribution in [3.8, 4) is 17.0 Å². The average molecular weight is 372 g/mol. The zero-order valence-corrected chi connectivity index (χ0v) is 15.2. The molecule has 0 amide bonds. The molecule has 0 aliphatic heterocycles. The van der Waals surface area contributed by atoms with Gasteiger partial charge in [0.15, 0.2) is 0 Å². The van der Waals surface area contributed by atoms with Gasteiger partial charge in [0, 0.05) is 36.6 Å². The van der Waals surface area contributed by atoms with Crippen LogP contribution < -0.4 is 0 Å². The van der Waals surface area contributed by atoms with E-state index >= 15 is 0 Å². The molecule has 0 aliphatic carbocycles. The minimum Gasteiger partial charge on any atom is -0.494 e. The molecular weight excluding hydrogens is 355 g/mol. The number of halogens is 1. The molecule has 1 N–H and O–H groups in total. The van der Waals surface area contributed by atoms with Crippen LogP contribution in [0.1, 0.15) is 5.56 Å². The zero-order valence-electron chi connectivity index (χ0n) is 15.2. The van der Waals surface area contributed by atoms with Crippen molar-refractivity contribution >= 4 is 21.8 Å². The molecule has 5 nitrogen and oxygen atoms in total. The molecule has 0 spiro atoms. The van der Waals surface area contributed by atoms with Crippen molar-refractivity contribution in [2.75, 3.05) is 0 Å². The first-order valence-corrected chi connectivity index (χ1v) is 8.94. The maximum absolute atomic E-state index is 14.5. The number of aromatic hydroxyl groups is 1. The summed E-state index contributed by atoms with van der Waals surface area (Å²) in [5, 5.41) is 16.6. The van der Waals surface area contributed by atoms with Gasteiger partial charge in [0.2, 0.25) is 5.88 Å². The van der Waals surface area contributed by atoms with Crippen LogP contribution in [-0.2, 0) is 13.6 Å². The van der Waals surface area contributed by atoms with E-state index in [4.69, 9.17) is 0 Å². The summed E-state index contributed by atoms with van der Waals surface area (Å²) >= 11 is 0. The third-order valence-corrected chi connectivity index (χ3v) is 4.99. The van der Waals surface area contributed by atoms with Gasteiger partial charge in [-0.15, -0.1) is 0 Å². The summed E-state index contributed by atoms with van der Waals surface area (Å²) in [6.07, 6.45) is 5.37. The maximum Gasteiger partial charge on any atom is 0.201 e. The van der Waals surface area contributed by atoms with Gasteiger partial charge in [-0.3, -0.25) is 9.67 Å². The summed E-state index contributed by atoms with van der Waals surface area (Å²) in [5.41, 5.74) is 3.97. The standard InChI is InChI=1S/C22H17FN4O/c1-26-12-18-16(4-2-6-20(18)25-26)14-7-8-19(23)15(10-14)11-27-13-21-17(22(27)28)5-3-9-24-21/h2-10,12-13,28H,11H2,1H3. The molecule has 138 valence electrons. The number of aryl methyl sites for hydroxylation is 1. The van der Waals surface area contributed by atoms with E-state index in [2.05, 4.69) is 10.1 Å². The van der Waals surface area contributed by atoms with Crippen molar-refractivity contribution in [2.45, 2.75) is 6.54 Å². The Morgan fingerprint density at radius 3 is 2.75 bits per heavy atom. The molecule has 3 aromatic heterocycles. The number of hydrogen-bond acceptors (Lipinski definition) is 3. The second-order valence-corrected chi connectivity index (χ2v) is 6.86. The van der Waals surface area contributed by atoms with E-state index in [1.165, 1.54) is 6.07 Å². The highest BCUT2D eigenvalue weighted by atomic mass is 19.1. The SMILES string of the molecule is Cn1cc2c(-c3ccc(F)c(Cn4cc5ncccc5c4O)c3)cccc2n1. The summed E-state index contributed by atoms with van der Waals surface area (Å²) in [6.45, 7) is 0.213. The number of hydrogen-bond donors (Lipinski definition) is 1. The number of nitrogens with zero attached hydrogens (tertiary/aromatic N) is 4. The van der Waals surface area contributed by atoms with Crippen LogP contribution in [0.2, 0.25) is 0 Å². The second kappa shape index (κ2) is 6.20. The van der Waals surface area contributed by atoms with Gasteiger partial charge >= 0.3 is 0 Å². The molecule has 2 aromatic carbocycles. The van der Waals surface area contributed by atoms with Gasteiger partial charge in [-0.2, -0.15) is 5.10 Å². The molecule has 5 rings (SSSR count). The molecule has 0 saturated heterocycles. The van der Waals surface area contributed by atoms with Gasteiger partial charge in [0.25, 0.3) is 0 Å². The Bertz CT molecular complexity index is 1340. The lowest BCUT2D eigenvalue weighted by atomic mass is 9.99. The van der Waals surface area contributed by atoms with Crippen LogP contribution in [0.15, 0.2) is 67.1 Å². The number of aromatic nitrogens is 4. The van der Waals surface area contributed by atoms with Crippen LogP contribution in [0.5, 0.6) is 5.88 Å². The van der Waals surface area contributed by atoms with Crippen LogP contribution in [0, 0.1) is 5.82 Å². The fourth-order valence-corrected chi connectivity index (χ4v) is 3.65. The van der Waals surface area contributed by atoms with Crippen molar-refractivity contribution in [2.24, 2.45) is 7.05 Å². The Labute approximate surface area is 160 Å². The summed E-state index contributed by atoms with van der Waals surface area (Å²) < 4.78 is 17.9. The molecule has 0 radical (unpaired) electrons. The molecule has 0 fully saturated rings. The zero-order chi connectivity index (χ0) is 19.3. The topological polar surface area (TPSA) is 55.9 Å². The molecule has 0 atom stereocenters. The lowest BCUT2D eigenvalue weighted by Crippen LogP contribution is -2.00. The number of fused-ring (bicyclic) bond motifs is 2. The van der Waals surface area contributed by atoms with Gasteiger partial charge in [-0.25, -0.2) is 4.39 Å². The predicted octanol–water partition coefficient (Wildman–Crippen LogP) is 4.48. The lowest BCUT2D eigenvalue weighted by Gasteiger charge is -2.10. The van der Waals surface area contributed by atoms with Gasteiger partial charge in [-0.1, -0.05) is 18.2 Å². The highest BCUT2D eigenvalue weighted by Crippen LogP contribution is 2.31. The molecule has 3 heterocycles. The quantitative estimate of drug-likeness (QED) is 0.508. The summed E-state index contributed by atoms with van der Waals surface area (Å²) in [4.78, 5) is 4.24. The van der Waals surface area contributed by atoms with Gasteiger partial charge in [0.05, 0.1) is 23.0 Å². The monoisotopic (exact) mass is 372 g/mol. The van der Waals surface area contributed by atoms with E-state index in [1.54, 1.807) is 39.8 Å². The fourth-order valence-electron chi connectivity index (χ4n) is 3.65. The molecule has 28 heavy (non-hydrogen) atoms. The first kappa shape index (κ1) is 16.5. The van der Waals surface area contributed by atoms with E-state index in [0.29, 0.717) is 16.5 Å². The summed E-state index contributed by atoms with van der Waals surface area (Å²) in [5.74, 6) is -0.227. The van der Waals surface area contributed by atoms with Gasteiger partial charge < -0.3 is 9.67 Å². The van der Waals surface area contributed by atoms with Crippen molar-refractivity contribution in [3.63, 3.8) is 0 Å². The highest BCUT2D eigenvalue weighted by Gasteiger charge is 2.13. The van der Waals surface area contributed by atoms with Crippen LogP contribution in [0.4, 0.5) is 4.39 Å². The molecule has 0 bridgehead atoms. The van der Waals surface area contributed by atoms with E-state index in [0.717, 1.165) is 22.0 Å². The van der Waals surface area contributed by atoms with Crippen LogP contribution in [-0.4, -0.2) is 24.4 Å². The second-order valence-electron chi connectivity index (χ2n) is 6.86. The lowest BCUT2D eigenvalue weighted by molar-refractivity contribution is 0.428.